The van der Waals surface area contributed by atoms with E-state index in [2.05, 4.69) is 10.9 Å². The number of amides is 3. The molecule has 0 saturated carbocycles. The van der Waals surface area contributed by atoms with Crippen LogP contribution in [0.1, 0.15) is 22.8 Å². The van der Waals surface area contributed by atoms with Crippen molar-refractivity contribution in [2.45, 2.75) is 6.92 Å². The van der Waals surface area contributed by atoms with Gasteiger partial charge in [-0.15, -0.1) is 0 Å². The number of hydrogen-bond acceptors (Lipinski definition) is 4. The SMILES string of the molecule is CC(=O)NN/C=C1/C(=O)N(c2ccccc2)C(=O)c2ccccc21. The zero-order chi connectivity index (χ0) is 17.1. The molecular formula is C18H15N3O3. The molecule has 1 heterocycles. The summed E-state index contributed by atoms with van der Waals surface area (Å²) in [4.78, 5) is 37.7. The first-order chi connectivity index (χ1) is 11.6. The monoisotopic (exact) mass is 321 g/mol. The highest BCUT2D eigenvalue weighted by Crippen LogP contribution is 2.31. The van der Waals surface area contributed by atoms with E-state index in [4.69, 9.17) is 0 Å². The number of benzene rings is 2. The average molecular weight is 321 g/mol. The highest BCUT2D eigenvalue weighted by Gasteiger charge is 2.35. The smallest absolute Gasteiger partial charge is 0.267 e. The largest absolute Gasteiger partial charge is 0.305 e. The molecular weight excluding hydrogens is 306 g/mol. The first-order valence-electron chi connectivity index (χ1n) is 7.35. The van der Waals surface area contributed by atoms with Crippen molar-refractivity contribution in [3.05, 3.63) is 71.9 Å². The number of nitrogens with one attached hydrogen (secondary N) is 2. The second-order valence-corrected chi connectivity index (χ2v) is 5.21. The Morgan fingerprint density at radius 2 is 1.54 bits per heavy atom. The molecule has 1 aliphatic heterocycles. The van der Waals surface area contributed by atoms with Crippen LogP contribution in [0.25, 0.3) is 5.57 Å². The summed E-state index contributed by atoms with van der Waals surface area (Å²) in [5.41, 5.74) is 6.72. The van der Waals surface area contributed by atoms with E-state index in [-0.39, 0.29) is 11.8 Å². The molecule has 3 amide bonds. The summed E-state index contributed by atoms with van der Waals surface area (Å²) in [6.45, 7) is 1.35. The molecule has 2 aromatic carbocycles. The molecule has 2 N–H and O–H groups in total. The highest BCUT2D eigenvalue weighted by molar-refractivity contribution is 6.41. The molecule has 6 nitrogen and oxygen atoms in total. The minimum absolute atomic E-state index is 0.292. The lowest BCUT2D eigenvalue weighted by molar-refractivity contribution is -0.119. The van der Waals surface area contributed by atoms with E-state index >= 15 is 0 Å². The van der Waals surface area contributed by atoms with Gasteiger partial charge in [0.1, 0.15) is 0 Å². The Kier molecular flexibility index (Phi) is 4.11. The Morgan fingerprint density at radius 1 is 0.917 bits per heavy atom. The number of hydrogen-bond donors (Lipinski definition) is 2. The van der Waals surface area contributed by atoms with Crippen LogP contribution >= 0.6 is 0 Å². The van der Waals surface area contributed by atoms with E-state index < -0.39 is 5.91 Å². The van der Waals surface area contributed by atoms with Gasteiger partial charge < -0.3 is 5.43 Å². The van der Waals surface area contributed by atoms with Gasteiger partial charge in [0.2, 0.25) is 5.91 Å². The van der Waals surface area contributed by atoms with E-state index in [1.54, 1.807) is 48.5 Å². The summed E-state index contributed by atoms with van der Waals surface area (Å²) in [6.07, 6.45) is 1.39. The van der Waals surface area contributed by atoms with Crippen molar-refractivity contribution in [1.29, 1.82) is 0 Å². The fourth-order valence-electron chi connectivity index (χ4n) is 2.51. The average Bonchev–Trinajstić information content (AvgIpc) is 2.59. The third-order valence-electron chi connectivity index (χ3n) is 3.56. The van der Waals surface area contributed by atoms with Crippen molar-refractivity contribution in [2.75, 3.05) is 4.90 Å². The van der Waals surface area contributed by atoms with E-state index in [0.29, 0.717) is 22.4 Å². The molecule has 0 unspecified atom stereocenters. The number of rotatable bonds is 3. The fourth-order valence-corrected chi connectivity index (χ4v) is 2.51. The van der Waals surface area contributed by atoms with Crippen molar-refractivity contribution in [3.63, 3.8) is 0 Å². The van der Waals surface area contributed by atoms with Gasteiger partial charge in [-0.25, -0.2) is 4.90 Å². The van der Waals surface area contributed by atoms with Gasteiger partial charge in [0.05, 0.1) is 11.3 Å². The topological polar surface area (TPSA) is 78.5 Å². The zero-order valence-corrected chi connectivity index (χ0v) is 12.9. The lowest BCUT2D eigenvalue weighted by atomic mass is 9.93. The number of carbonyl (C=O) groups excluding carboxylic acids is 3. The number of carbonyl (C=O) groups is 3. The summed E-state index contributed by atoms with van der Waals surface area (Å²) in [5.74, 6) is -1.12. The molecule has 0 aliphatic carbocycles. The third kappa shape index (κ3) is 2.77. The Labute approximate surface area is 138 Å². The van der Waals surface area contributed by atoms with Crippen molar-refractivity contribution in [1.82, 2.24) is 10.9 Å². The van der Waals surface area contributed by atoms with Gasteiger partial charge in [0.25, 0.3) is 11.8 Å². The van der Waals surface area contributed by atoms with Crippen LogP contribution in [0.2, 0.25) is 0 Å². The van der Waals surface area contributed by atoms with Crippen LogP contribution in [0.5, 0.6) is 0 Å². The van der Waals surface area contributed by atoms with Gasteiger partial charge in [0, 0.05) is 24.3 Å². The Balaban J connectivity index is 2.08. The number of fused-ring (bicyclic) bond motifs is 1. The predicted molar refractivity (Wildman–Crippen MR) is 89.6 cm³/mol. The summed E-state index contributed by atoms with van der Waals surface area (Å²) >= 11 is 0. The van der Waals surface area contributed by atoms with Gasteiger partial charge in [-0.05, 0) is 18.2 Å². The molecule has 120 valence electrons. The molecule has 0 atom stereocenters. The molecule has 0 bridgehead atoms. The Hall–Kier alpha value is -3.41. The Morgan fingerprint density at radius 3 is 2.21 bits per heavy atom. The van der Waals surface area contributed by atoms with Crippen molar-refractivity contribution in [2.24, 2.45) is 0 Å². The molecule has 0 radical (unpaired) electrons. The van der Waals surface area contributed by atoms with Crippen LogP contribution in [-0.4, -0.2) is 17.7 Å². The minimum atomic E-state index is -0.456. The van der Waals surface area contributed by atoms with Gasteiger partial charge in [0.15, 0.2) is 0 Å². The molecule has 1 aliphatic rings. The van der Waals surface area contributed by atoms with E-state index in [1.165, 1.54) is 13.1 Å². The van der Waals surface area contributed by atoms with Crippen LogP contribution in [0, 0.1) is 0 Å². The standard InChI is InChI=1S/C18H15N3O3/c1-12(22)20-19-11-16-14-9-5-6-10-15(14)17(23)21(18(16)24)13-7-3-2-4-8-13/h2-11,19H,1H3,(H,20,22)/b16-11+. The van der Waals surface area contributed by atoms with Crippen molar-refractivity contribution in [3.8, 4) is 0 Å². The van der Waals surface area contributed by atoms with Crippen LogP contribution < -0.4 is 15.8 Å². The maximum atomic E-state index is 12.9. The molecule has 0 spiro atoms. The van der Waals surface area contributed by atoms with Crippen LogP contribution in [-0.2, 0) is 9.59 Å². The second kappa shape index (κ2) is 6.37. The molecule has 6 heteroatoms. The van der Waals surface area contributed by atoms with Gasteiger partial charge in [-0.2, -0.15) is 0 Å². The van der Waals surface area contributed by atoms with E-state index in [0.717, 1.165) is 4.90 Å². The fraction of sp³-hybridized carbons (Fsp3) is 0.0556. The third-order valence-corrected chi connectivity index (χ3v) is 3.56. The molecule has 0 saturated heterocycles. The summed E-state index contributed by atoms with van der Waals surface area (Å²) in [6, 6.07) is 15.6. The molecule has 2 aromatic rings. The van der Waals surface area contributed by atoms with Crippen LogP contribution in [0.3, 0.4) is 0 Å². The maximum absolute atomic E-state index is 12.9. The summed E-state index contributed by atoms with van der Waals surface area (Å²) in [7, 11) is 0. The molecule has 24 heavy (non-hydrogen) atoms. The first-order valence-corrected chi connectivity index (χ1v) is 7.35. The van der Waals surface area contributed by atoms with Crippen molar-refractivity contribution >= 4 is 29.0 Å². The van der Waals surface area contributed by atoms with Gasteiger partial charge >= 0.3 is 0 Å². The number of anilines is 1. The molecule has 3 rings (SSSR count). The van der Waals surface area contributed by atoms with E-state index in [9.17, 15) is 14.4 Å². The van der Waals surface area contributed by atoms with Gasteiger partial charge in [-0.1, -0.05) is 36.4 Å². The number of imide groups is 1. The lowest BCUT2D eigenvalue weighted by Crippen LogP contribution is -2.42. The highest BCUT2D eigenvalue weighted by atomic mass is 16.2. The first kappa shape index (κ1) is 15.5. The number of hydrazine groups is 1. The lowest BCUT2D eigenvalue weighted by Gasteiger charge is -2.28. The number of nitrogens with zero attached hydrogens (tertiary/aromatic N) is 1. The maximum Gasteiger partial charge on any atom is 0.267 e. The van der Waals surface area contributed by atoms with Crippen LogP contribution in [0.4, 0.5) is 5.69 Å². The van der Waals surface area contributed by atoms with E-state index in [1.807, 2.05) is 6.07 Å². The molecule has 0 fully saturated rings. The quantitative estimate of drug-likeness (QED) is 0.514. The van der Waals surface area contributed by atoms with Crippen molar-refractivity contribution < 1.29 is 14.4 Å². The second-order valence-electron chi connectivity index (χ2n) is 5.21. The van der Waals surface area contributed by atoms with Gasteiger partial charge in [-0.3, -0.25) is 19.8 Å². The number of para-hydroxylation sites is 1. The molecule has 0 aromatic heterocycles. The van der Waals surface area contributed by atoms with Crippen LogP contribution in [0.15, 0.2) is 60.8 Å². The Bertz CT molecular complexity index is 844. The minimum Gasteiger partial charge on any atom is -0.305 e. The summed E-state index contributed by atoms with van der Waals surface area (Å²) < 4.78 is 0. The summed E-state index contributed by atoms with van der Waals surface area (Å²) in [5, 5.41) is 0. The predicted octanol–water partition coefficient (Wildman–Crippen LogP) is 1.86. The normalized spacial score (nSPS) is 15.2. The zero-order valence-electron chi connectivity index (χ0n) is 12.9.